The molecule has 0 saturated carbocycles. The van der Waals surface area contributed by atoms with Crippen molar-refractivity contribution in [1.82, 2.24) is 4.98 Å². The van der Waals surface area contributed by atoms with Crippen LogP contribution in [0.4, 0.5) is 11.4 Å². The number of pyridine rings is 1. The maximum Gasteiger partial charge on any atom is 0.0896 e. The van der Waals surface area contributed by atoms with Crippen LogP contribution < -0.4 is 4.90 Å². The molecule has 9 aromatic rings. The smallest absolute Gasteiger partial charge is 0.0896 e. The largest absolute Gasteiger partial charge is 0.303 e. The Morgan fingerprint density at radius 1 is 0.439 bits per heavy atom. The normalized spacial score (nSPS) is 12.6. The second-order valence-corrected chi connectivity index (χ2v) is 17.3. The molecule has 2 aliphatic rings. The van der Waals surface area contributed by atoms with Crippen LogP contribution in [0.1, 0.15) is 30.0 Å². The lowest BCUT2D eigenvalue weighted by atomic mass is 9.90. The quantitative estimate of drug-likeness (QED) is 0.128. The maximum absolute atomic E-state index is 4.37. The molecule has 2 bridgehead atoms. The summed E-state index contributed by atoms with van der Waals surface area (Å²) in [5.41, 5.74) is 28.7. The van der Waals surface area contributed by atoms with Crippen LogP contribution in [-0.2, 0) is 6.42 Å². The van der Waals surface area contributed by atoms with Crippen LogP contribution in [0.5, 0.6) is 0 Å². The first kappa shape index (κ1) is 40.5. The molecule has 0 unspecified atom stereocenters. The van der Waals surface area contributed by atoms with Crippen molar-refractivity contribution >= 4 is 16.9 Å². The Balaban J connectivity index is 0.869. The highest BCUT2D eigenvalue weighted by molar-refractivity contribution is 5.93. The summed E-state index contributed by atoms with van der Waals surface area (Å²) in [6.07, 6.45) is 14.5. The summed E-state index contributed by atoms with van der Waals surface area (Å²) >= 11 is 0. The first-order valence-electron chi connectivity index (χ1n) is 23.0. The Hall–Kier alpha value is -8.29. The molecule has 314 valence electrons. The van der Waals surface area contributed by atoms with Gasteiger partial charge < -0.3 is 4.90 Å². The molecule has 0 spiro atoms. The van der Waals surface area contributed by atoms with Crippen molar-refractivity contribution in [3.63, 3.8) is 0 Å². The van der Waals surface area contributed by atoms with Crippen molar-refractivity contribution in [2.75, 3.05) is 4.90 Å². The number of fused-ring (bicyclic) bond motifs is 2. The molecule has 0 atom stereocenters. The fraction of sp³-hybridized carbons (Fsp3) is 0.0625. The summed E-state index contributed by atoms with van der Waals surface area (Å²) in [5.74, 6) is 0. The Morgan fingerprint density at radius 2 is 0.909 bits per heavy atom. The molecule has 8 aromatic carbocycles. The predicted octanol–water partition coefficient (Wildman–Crippen LogP) is 17.2. The first-order valence-corrected chi connectivity index (χ1v) is 23.0. The van der Waals surface area contributed by atoms with E-state index in [4.69, 9.17) is 0 Å². The summed E-state index contributed by atoms with van der Waals surface area (Å²) in [5, 5.41) is 0. The van der Waals surface area contributed by atoms with E-state index >= 15 is 0 Å². The van der Waals surface area contributed by atoms with Crippen LogP contribution >= 0.6 is 0 Å². The molecule has 1 aliphatic heterocycles. The standard InChI is InChI=1S/C64H48N2/c1-3-14-45-29-30-56(41-62(45)61-33-34-65-43-44(61)2)54-24-12-22-52(38-54)50-20-10-18-48(36-50)46-16-9-17-47(35-46)49-19-11-21-51(37-49)53-23-13-25-55(39-53)57-31-32-64-63(42-57)58-15-7-8-28-60(40-58)66(64)59-26-5-4-6-27-59/h4-13,15-39,41-43H,3,14H2,1-2H3. The third kappa shape index (κ3) is 7.96. The minimum absolute atomic E-state index is 1.04. The Labute approximate surface area is 388 Å². The van der Waals surface area contributed by atoms with Crippen molar-refractivity contribution in [1.29, 1.82) is 0 Å². The van der Waals surface area contributed by atoms with Gasteiger partial charge in [0.2, 0.25) is 0 Å². The van der Waals surface area contributed by atoms with E-state index in [1.807, 2.05) is 12.4 Å². The average molecular weight is 845 g/mol. The molecule has 2 nitrogen and oxygen atoms in total. The number of anilines is 2. The van der Waals surface area contributed by atoms with Crippen LogP contribution in [-0.4, -0.2) is 4.98 Å². The molecule has 0 saturated heterocycles. The van der Waals surface area contributed by atoms with Gasteiger partial charge in [-0.1, -0.05) is 159 Å². The van der Waals surface area contributed by atoms with E-state index in [1.54, 1.807) is 0 Å². The lowest BCUT2D eigenvalue weighted by Crippen LogP contribution is -2.18. The number of benzene rings is 8. The Morgan fingerprint density at radius 3 is 1.41 bits per heavy atom. The van der Waals surface area contributed by atoms with Gasteiger partial charge >= 0.3 is 0 Å². The van der Waals surface area contributed by atoms with Gasteiger partial charge in [-0.2, -0.15) is 0 Å². The van der Waals surface area contributed by atoms with E-state index in [-0.39, 0.29) is 0 Å². The van der Waals surface area contributed by atoms with E-state index in [9.17, 15) is 0 Å². The van der Waals surface area contributed by atoms with Gasteiger partial charge in [-0.25, -0.2) is 0 Å². The zero-order chi connectivity index (χ0) is 44.4. The van der Waals surface area contributed by atoms with Crippen LogP contribution in [0.3, 0.4) is 0 Å². The van der Waals surface area contributed by atoms with Crippen molar-refractivity contribution in [2.24, 2.45) is 0 Å². The third-order valence-electron chi connectivity index (χ3n) is 12.9. The SMILES string of the molecule is CCCc1ccc(-c2cccc(-c3cccc(-c4cccc(-c5cccc(-c6cccc(-c7ccc8c(c7)C7=C=C(C=CC=C7)N8c7ccccc7)c6)c5)c4)c3)c2)cc1-c1ccncc1C. The number of aryl methyl sites for hydroxylation is 2. The number of rotatable bonds is 10. The zero-order valence-electron chi connectivity index (χ0n) is 37.2. The van der Waals surface area contributed by atoms with Gasteiger partial charge in [-0.05, 0) is 181 Å². The topological polar surface area (TPSA) is 16.1 Å². The lowest BCUT2D eigenvalue weighted by molar-refractivity contribution is 0.923. The van der Waals surface area contributed by atoms with Crippen LogP contribution in [0.2, 0.25) is 0 Å². The van der Waals surface area contributed by atoms with Crippen molar-refractivity contribution in [3.8, 4) is 77.9 Å². The molecule has 2 heteroatoms. The van der Waals surface area contributed by atoms with Gasteiger partial charge in [-0.3, -0.25) is 4.98 Å². The third-order valence-corrected chi connectivity index (χ3v) is 12.9. The summed E-state index contributed by atoms with van der Waals surface area (Å²) < 4.78 is 0. The fourth-order valence-electron chi connectivity index (χ4n) is 9.58. The number of hydrogen-bond donors (Lipinski definition) is 0. The second-order valence-electron chi connectivity index (χ2n) is 17.3. The molecule has 11 rings (SSSR count). The van der Waals surface area contributed by atoms with E-state index < -0.39 is 0 Å². The summed E-state index contributed by atoms with van der Waals surface area (Å²) in [6.45, 7) is 4.40. The number of allylic oxidation sites excluding steroid dienone is 4. The molecule has 0 amide bonds. The van der Waals surface area contributed by atoms with Crippen molar-refractivity contribution < 1.29 is 0 Å². The van der Waals surface area contributed by atoms with Crippen molar-refractivity contribution in [2.45, 2.75) is 26.7 Å². The van der Waals surface area contributed by atoms with Gasteiger partial charge in [0.25, 0.3) is 0 Å². The minimum Gasteiger partial charge on any atom is -0.303 e. The summed E-state index contributed by atoms with van der Waals surface area (Å²) in [4.78, 5) is 6.66. The van der Waals surface area contributed by atoms with Crippen LogP contribution in [0.25, 0.3) is 83.5 Å². The van der Waals surface area contributed by atoms with Crippen LogP contribution in [0, 0.1) is 6.92 Å². The average Bonchev–Trinajstić information content (AvgIpc) is 3.60. The number of aromatic nitrogens is 1. The molecule has 0 radical (unpaired) electrons. The maximum atomic E-state index is 4.37. The summed E-state index contributed by atoms with van der Waals surface area (Å²) in [7, 11) is 0. The zero-order valence-corrected chi connectivity index (χ0v) is 37.2. The van der Waals surface area contributed by atoms with Gasteiger partial charge in [0.05, 0.1) is 11.4 Å². The predicted molar refractivity (Wildman–Crippen MR) is 278 cm³/mol. The van der Waals surface area contributed by atoms with E-state index in [0.717, 1.165) is 35.5 Å². The minimum atomic E-state index is 1.04. The molecule has 0 fully saturated rings. The highest BCUT2D eigenvalue weighted by atomic mass is 15.2. The molecule has 0 N–H and O–H groups in total. The van der Waals surface area contributed by atoms with E-state index in [0.29, 0.717) is 0 Å². The molecule has 1 aliphatic carbocycles. The lowest BCUT2D eigenvalue weighted by Gasteiger charge is -2.30. The first-order chi connectivity index (χ1) is 32.6. The van der Waals surface area contributed by atoms with Crippen LogP contribution in [0.15, 0.2) is 242 Å². The number of para-hydroxylation sites is 1. The van der Waals surface area contributed by atoms with E-state index in [1.165, 1.54) is 94.6 Å². The monoisotopic (exact) mass is 844 g/mol. The van der Waals surface area contributed by atoms with Crippen molar-refractivity contribution in [3.05, 3.63) is 259 Å². The van der Waals surface area contributed by atoms with Gasteiger partial charge in [0.1, 0.15) is 0 Å². The van der Waals surface area contributed by atoms with Gasteiger partial charge in [-0.15, -0.1) is 0 Å². The molecular weight excluding hydrogens is 797 g/mol. The van der Waals surface area contributed by atoms with Gasteiger partial charge in [0.15, 0.2) is 0 Å². The number of nitrogens with zero attached hydrogens (tertiary/aromatic N) is 2. The molecular formula is C64H48N2. The summed E-state index contributed by atoms with van der Waals surface area (Å²) in [6, 6.07) is 71.2. The van der Waals surface area contributed by atoms with E-state index in [2.05, 4.69) is 248 Å². The molecule has 66 heavy (non-hydrogen) atoms. The van der Waals surface area contributed by atoms with Gasteiger partial charge in [0, 0.05) is 29.2 Å². The second kappa shape index (κ2) is 17.7. The number of hydrogen-bond acceptors (Lipinski definition) is 2. The highest BCUT2D eigenvalue weighted by Crippen LogP contribution is 2.43. The Kier molecular flexibility index (Phi) is 10.9. The Bertz CT molecular complexity index is 3430. The molecule has 1 aromatic heterocycles. The fourth-order valence-corrected chi connectivity index (χ4v) is 9.58. The highest BCUT2D eigenvalue weighted by Gasteiger charge is 2.23. The molecule has 2 heterocycles.